The molecule has 1 unspecified atom stereocenters. The number of hydrogen-bond donors (Lipinski definition) is 6. The average molecular weight is 621 g/mol. The molecule has 0 radical (unpaired) electrons. The minimum Gasteiger partial charge on any atom is -0.480 e. The van der Waals surface area contributed by atoms with E-state index in [-0.39, 0.29) is 71.0 Å². The minimum atomic E-state index is -3.92. The normalized spacial score (nSPS) is 24.4. The van der Waals surface area contributed by atoms with E-state index in [1.54, 1.807) is 9.80 Å². The number of rotatable bonds is 12. The van der Waals surface area contributed by atoms with E-state index in [1.807, 2.05) is 0 Å². The van der Waals surface area contributed by atoms with E-state index < -0.39 is 66.5 Å². The summed E-state index contributed by atoms with van der Waals surface area (Å²) in [6, 6.07) is -0.169. The first-order valence-corrected chi connectivity index (χ1v) is 13.3. The molecule has 240 valence electrons. The Morgan fingerprint density at radius 3 is 2.05 bits per heavy atom. The molecule has 2 aliphatic rings. The van der Waals surface area contributed by atoms with Crippen molar-refractivity contribution in [2.75, 3.05) is 64.3 Å². The van der Waals surface area contributed by atoms with Gasteiger partial charge in [-0.05, 0) is 12.5 Å². The van der Waals surface area contributed by atoms with Crippen LogP contribution in [0.4, 0.5) is 14.6 Å². The number of alkyl halides is 2. The summed E-state index contributed by atoms with van der Waals surface area (Å²) in [5, 5.41) is 49.4. The van der Waals surface area contributed by atoms with Crippen LogP contribution >= 0.6 is 0 Å². The van der Waals surface area contributed by atoms with Crippen LogP contribution in [0, 0.1) is 0 Å². The van der Waals surface area contributed by atoms with Gasteiger partial charge in [-0.2, -0.15) is 13.8 Å². The van der Waals surface area contributed by atoms with Gasteiger partial charge in [0.1, 0.15) is 18.0 Å². The summed E-state index contributed by atoms with van der Waals surface area (Å²) in [7, 11) is 0. The number of nitrogens with one attached hydrogen (secondary N) is 1. The highest BCUT2D eigenvalue weighted by Gasteiger charge is 2.59. The minimum absolute atomic E-state index is 0.131. The molecule has 0 aromatic carbocycles. The van der Waals surface area contributed by atoms with Crippen molar-refractivity contribution in [3.05, 3.63) is 22.7 Å². The van der Waals surface area contributed by atoms with Crippen LogP contribution in [-0.4, -0.2) is 157 Å². The van der Waals surface area contributed by atoms with Crippen molar-refractivity contribution in [1.82, 2.24) is 24.3 Å². The van der Waals surface area contributed by atoms with Crippen LogP contribution in [0.25, 0.3) is 0 Å². The zero-order valence-corrected chi connectivity index (χ0v) is 22.9. The third kappa shape index (κ3) is 8.94. The van der Waals surface area contributed by atoms with Crippen LogP contribution in [-0.2, 0) is 23.9 Å². The van der Waals surface area contributed by atoms with E-state index in [1.165, 1.54) is 4.90 Å². The Morgan fingerprint density at radius 1 is 1.02 bits per heavy atom. The molecule has 1 aromatic rings. The van der Waals surface area contributed by atoms with E-state index in [0.717, 1.165) is 12.3 Å². The van der Waals surface area contributed by atoms with Crippen LogP contribution in [0.3, 0.4) is 0 Å². The van der Waals surface area contributed by atoms with Gasteiger partial charge in [0.05, 0.1) is 19.7 Å². The summed E-state index contributed by atoms with van der Waals surface area (Å²) in [6.45, 7) is -0.426. The molecule has 17 nitrogen and oxygen atoms in total. The van der Waals surface area contributed by atoms with Crippen LogP contribution < -0.4 is 11.0 Å². The SMILES string of the molecule is O=C(O)CN1CCN(CC(=O)O)CCN(C(CCC(=O)Nc2ccn([C@@H]3O[C@H](CO)[C@@H](O)C3(F)F)c(=O)n2)C(=O)O)CC1. The van der Waals surface area contributed by atoms with Gasteiger partial charge in [0.25, 0.3) is 0 Å². The molecular weight excluding hydrogens is 586 g/mol. The lowest BCUT2D eigenvalue weighted by atomic mass is 10.1. The fraction of sp³-hybridized carbons (Fsp3) is 0.667. The molecule has 2 aliphatic heterocycles. The maximum absolute atomic E-state index is 14.4. The van der Waals surface area contributed by atoms with Gasteiger partial charge in [-0.3, -0.25) is 38.4 Å². The zero-order valence-electron chi connectivity index (χ0n) is 22.9. The van der Waals surface area contributed by atoms with Crippen molar-refractivity contribution in [2.24, 2.45) is 0 Å². The molecule has 1 aromatic heterocycles. The number of carboxylic acids is 3. The van der Waals surface area contributed by atoms with E-state index in [9.17, 15) is 53.2 Å². The Balaban J connectivity index is 1.66. The first-order valence-electron chi connectivity index (χ1n) is 13.3. The van der Waals surface area contributed by atoms with Gasteiger partial charge in [0.15, 0.2) is 6.10 Å². The topological polar surface area (TPSA) is 235 Å². The number of aliphatic hydroxyl groups is 2. The van der Waals surface area contributed by atoms with Crippen molar-refractivity contribution >= 4 is 29.6 Å². The summed E-state index contributed by atoms with van der Waals surface area (Å²) in [4.78, 5) is 67.8. The Bertz CT molecular complexity index is 1210. The van der Waals surface area contributed by atoms with E-state index >= 15 is 0 Å². The van der Waals surface area contributed by atoms with Crippen molar-refractivity contribution in [1.29, 1.82) is 0 Å². The first kappa shape index (κ1) is 33.9. The summed E-state index contributed by atoms with van der Waals surface area (Å²) in [5.41, 5.74) is -1.25. The number of carbonyl (C=O) groups excluding carboxylic acids is 1. The molecule has 0 spiro atoms. The van der Waals surface area contributed by atoms with Crippen LogP contribution in [0.2, 0.25) is 0 Å². The zero-order chi connectivity index (χ0) is 31.9. The van der Waals surface area contributed by atoms with Gasteiger partial charge in [-0.25, -0.2) is 4.79 Å². The average Bonchev–Trinajstić information content (AvgIpc) is 3.19. The third-order valence-corrected chi connectivity index (χ3v) is 7.14. The number of carboxylic acid groups (broad SMARTS) is 3. The predicted octanol–water partition coefficient (Wildman–Crippen LogP) is -2.61. The number of carbonyl (C=O) groups is 4. The quantitative estimate of drug-likeness (QED) is 0.140. The number of aliphatic carboxylic acids is 3. The van der Waals surface area contributed by atoms with Gasteiger partial charge in [-0.15, -0.1) is 0 Å². The summed E-state index contributed by atoms with van der Waals surface area (Å²) >= 11 is 0. The molecule has 2 fully saturated rings. The van der Waals surface area contributed by atoms with E-state index in [0.29, 0.717) is 4.57 Å². The van der Waals surface area contributed by atoms with Crippen LogP contribution in [0.15, 0.2) is 17.1 Å². The lowest BCUT2D eigenvalue weighted by Gasteiger charge is -2.30. The molecule has 19 heteroatoms. The van der Waals surface area contributed by atoms with Crippen LogP contribution in [0.5, 0.6) is 0 Å². The molecule has 3 heterocycles. The van der Waals surface area contributed by atoms with Crippen molar-refractivity contribution in [2.45, 2.75) is 43.2 Å². The predicted molar refractivity (Wildman–Crippen MR) is 139 cm³/mol. The molecule has 1 amide bonds. The Kier molecular flexibility index (Phi) is 11.6. The maximum atomic E-state index is 14.4. The molecule has 0 bridgehead atoms. The Morgan fingerprint density at radius 2 is 1.58 bits per heavy atom. The number of anilines is 1. The monoisotopic (exact) mass is 620 g/mol. The number of nitrogens with zero attached hydrogens (tertiary/aromatic N) is 5. The van der Waals surface area contributed by atoms with Gasteiger partial charge in [-0.1, -0.05) is 0 Å². The van der Waals surface area contributed by atoms with Crippen molar-refractivity contribution in [3.63, 3.8) is 0 Å². The number of amides is 1. The van der Waals surface area contributed by atoms with Crippen LogP contribution in [0.1, 0.15) is 19.1 Å². The lowest BCUT2D eigenvalue weighted by Crippen LogP contribution is -2.47. The summed E-state index contributed by atoms with van der Waals surface area (Å²) in [5.74, 6) is -8.42. The van der Waals surface area contributed by atoms with E-state index in [4.69, 9.17) is 9.84 Å². The second-order valence-corrected chi connectivity index (χ2v) is 10.1. The highest BCUT2D eigenvalue weighted by molar-refractivity contribution is 5.90. The lowest BCUT2D eigenvalue weighted by molar-refractivity contribution is -0.144. The maximum Gasteiger partial charge on any atom is 0.351 e. The van der Waals surface area contributed by atoms with Gasteiger partial charge in [0.2, 0.25) is 12.1 Å². The number of ether oxygens (including phenoxy) is 1. The second kappa shape index (κ2) is 14.7. The van der Waals surface area contributed by atoms with E-state index in [2.05, 4.69) is 10.3 Å². The molecule has 43 heavy (non-hydrogen) atoms. The van der Waals surface area contributed by atoms with Crippen molar-refractivity contribution in [3.8, 4) is 0 Å². The molecular formula is C24H34F2N6O11. The summed E-state index contributed by atoms with van der Waals surface area (Å²) < 4.78 is 34.1. The van der Waals surface area contributed by atoms with Gasteiger partial charge < -0.3 is 35.6 Å². The highest BCUT2D eigenvalue weighted by atomic mass is 19.3. The fourth-order valence-corrected chi connectivity index (χ4v) is 4.88. The Labute approximate surface area is 242 Å². The molecule has 0 aliphatic carbocycles. The second-order valence-electron chi connectivity index (χ2n) is 10.1. The number of aromatic nitrogens is 2. The largest absolute Gasteiger partial charge is 0.480 e. The van der Waals surface area contributed by atoms with Crippen molar-refractivity contribution < 1.29 is 58.2 Å². The first-order chi connectivity index (χ1) is 20.2. The molecule has 6 N–H and O–H groups in total. The number of hydrogen-bond acceptors (Lipinski definition) is 12. The number of aliphatic hydroxyl groups excluding tert-OH is 2. The smallest absolute Gasteiger partial charge is 0.351 e. The molecule has 2 saturated heterocycles. The molecule has 3 rings (SSSR count). The molecule has 0 saturated carbocycles. The van der Waals surface area contributed by atoms with Gasteiger partial charge >= 0.3 is 29.5 Å². The fourth-order valence-electron chi connectivity index (χ4n) is 4.88. The van der Waals surface area contributed by atoms with Gasteiger partial charge in [0, 0.05) is 51.9 Å². The standard InChI is InChI=1S/C24H34F2N6O11/c25-24(26)20(39)15(13-33)43-22(24)32-4-3-16(28-23(32)42)27-17(34)2-1-14(21(40)41)31-9-7-29(11-18(35)36)5-6-30(8-10-31)12-19(37)38/h3-4,14-15,20,22,33,39H,1-2,5-13H2,(H,35,36)(H,37,38)(H,40,41)(H,27,28,34,42)/t14?,15-,20-,22-/m1/s1. The Hall–Kier alpha value is -3.62. The highest BCUT2D eigenvalue weighted by Crippen LogP contribution is 2.41. The molecule has 4 atom stereocenters. The third-order valence-electron chi connectivity index (χ3n) is 7.14. The summed E-state index contributed by atoms with van der Waals surface area (Å²) in [6.07, 6.45) is -5.95. The number of halogens is 2.